The van der Waals surface area contributed by atoms with Crippen molar-refractivity contribution in [3.05, 3.63) is 29.8 Å². The van der Waals surface area contributed by atoms with Crippen molar-refractivity contribution in [2.75, 3.05) is 5.32 Å². The third kappa shape index (κ3) is 5.15. The Kier molecular flexibility index (Phi) is 5.55. The van der Waals surface area contributed by atoms with Crippen LogP contribution in [0.2, 0.25) is 0 Å². The summed E-state index contributed by atoms with van der Waals surface area (Å²) >= 11 is 0. The fraction of sp³-hybridized carbons (Fsp3) is 0.529. The van der Waals surface area contributed by atoms with Crippen molar-refractivity contribution in [2.45, 2.75) is 57.6 Å². The Morgan fingerprint density at radius 1 is 1.23 bits per heavy atom. The number of rotatable bonds is 5. The molecule has 0 heterocycles. The van der Waals surface area contributed by atoms with E-state index < -0.39 is 5.60 Å². The summed E-state index contributed by atoms with van der Waals surface area (Å²) in [4.78, 5) is 23.1. The lowest BCUT2D eigenvalue weighted by atomic mass is 9.82. The van der Waals surface area contributed by atoms with Crippen molar-refractivity contribution >= 4 is 17.5 Å². The van der Waals surface area contributed by atoms with Crippen LogP contribution < -0.4 is 10.6 Å². The molecule has 5 nitrogen and oxygen atoms in total. The summed E-state index contributed by atoms with van der Waals surface area (Å²) < 4.78 is 0. The van der Waals surface area contributed by atoms with Gasteiger partial charge < -0.3 is 15.7 Å². The van der Waals surface area contributed by atoms with Crippen LogP contribution in [-0.4, -0.2) is 22.5 Å². The Hall–Kier alpha value is -1.88. The Balaban J connectivity index is 1.84. The number of hydrogen-bond acceptors (Lipinski definition) is 3. The van der Waals surface area contributed by atoms with Gasteiger partial charge in [-0.15, -0.1) is 0 Å². The van der Waals surface area contributed by atoms with Gasteiger partial charge >= 0.3 is 0 Å². The largest absolute Gasteiger partial charge is 0.389 e. The van der Waals surface area contributed by atoms with Crippen molar-refractivity contribution < 1.29 is 14.7 Å². The van der Waals surface area contributed by atoms with Crippen molar-refractivity contribution in [2.24, 2.45) is 0 Å². The van der Waals surface area contributed by atoms with E-state index in [9.17, 15) is 14.7 Å². The molecule has 22 heavy (non-hydrogen) atoms. The predicted molar refractivity (Wildman–Crippen MR) is 85.2 cm³/mol. The van der Waals surface area contributed by atoms with Gasteiger partial charge in [-0.1, -0.05) is 31.4 Å². The summed E-state index contributed by atoms with van der Waals surface area (Å²) in [7, 11) is 0. The molecule has 1 fully saturated rings. The molecule has 0 aromatic heterocycles. The molecule has 3 N–H and O–H groups in total. The Morgan fingerprint density at radius 2 is 1.95 bits per heavy atom. The number of nitrogens with one attached hydrogen (secondary N) is 2. The first-order valence-electron chi connectivity index (χ1n) is 7.82. The molecule has 1 aliphatic carbocycles. The molecule has 0 aliphatic heterocycles. The summed E-state index contributed by atoms with van der Waals surface area (Å²) in [5.41, 5.74) is 0.792. The maximum absolute atomic E-state index is 12.0. The maximum Gasteiger partial charge on any atom is 0.223 e. The first kappa shape index (κ1) is 16.5. The fourth-order valence-corrected chi connectivity index (χ4v) is 2.91. The zero-order valence-corrected chi connectivity index (χ0v) is 13.0. The van der Waals surface area contributed by atoms with E-state index in [1.165, 1.54) is 6.92 Å². The van der Waals surface area contributed by atoms with Crippen molar-refractivity contribution in [1.82, 2.24) is 5.32 Å². The topological polar surface area (TPSA) is 78.4 Å². The van der Waals surface area contributed by atoms with Crippen LogP contribution in [0.25, 0.3) is 0 Å². The number of carbonyl (C=O) groups is 2. The Bertz CT molecular complexity index is 536. The van der Waals surface area contributed by atoms with Crippen LogP contribution in [0.4, 0.5) is 5.69 Å². The third-order valence-corrected chi connectivity index (χ3v) is 4.01. The molecule has 0 atom stereocenters. The van der Waals surface area contributed by atoms with Gasteiger partial charge in [-0.25, -0.2) is 0 Å². The minimum atomic E-state index is -0.833. The van der Waals surface area contributed by atoms with E-state index in [-0.39, 0.29) is 18.2 Å². The molecular formula is C17H24N2O3. The lowest BCUT2D eigenvalue weighted by molar-refractivity contribution is -0.127. The third-order valence-electron chi connectivity index (χ3n) is 4.01. The summed E-state index contributed by atoms with van der Waals surface area (Å²) in [5, 5.41) is 15.9. The first-order valence-corrected chi connectivity index (χ1v) is 7.82. The molecule has 0 saturated heterocycles. The van der Waals surface area contributed by atoms with E-state index in [0.717, 1.165) is 24.8 Å². The van der Waals surface area contributed by atoms with Gasteiger partial charge in [-0.05, 0) is 30.5 Å². The summed E-state index contributed by atoms with van der Waals surface area (Å²) in [6.45, 7) is 1.85. The molecular weight excluding hydrogens is 280 g/mol. The standard InChI is InChI=1S/C17H24N2O3/c1-13(20)19-15-7-5-6-14(10-15)12-18-16(21)11-17(22)8-3-2-4-9-17/h5-7,10,22H,2-4,8-9,11-12H2,1H3,(H,18,21)(H,19,20). The quantitative estimate of drug-likeness (QED) is 0.781. The summed E-state index contributed by atoms with van der Waals surface area (Å²) in [6, 6.07) is 7.36. The van der Waals surface area contributed by atoms with Gasteiger partial charge in [-0.2, -0.15) is 0 Å². The molecule has 2 rings (SSSR count). The van der Waals surface area contributed by atoms with E-state index in [2.05, 4.69) is 10.6 Å². The normalized spacial score (nSPS) is 16.8. The molecule has 120 valence electrons. The highest BCUT2D eigenvalue weighted by atomic mass is 16.3. The number of amides is 2. The van der Waals surface area contributed by atoms with Crippen LogP contribution in [0.3, 0.4) is 0 Å². The highest BCUT2D eigenvalue weighted by Gasteiger charge is 2.31. The molecule has 1 aromatic carbocycles. The molecule has 2 amide bonds. The lowest BCUT2D eigenvalue weighted by Gasteiger charge is -2.31. The minimum Gasteiger partial charge on any atom is -0.389 e. The zero-order valence-electron chi connectivity index (χ0n) is 13.0. The monoisotopic (exact) mass is 304 g/mol. The van der Waals surface area contributed by atoms with Crippen LogP contribution in [0.5, 0.6) is 0 Å². The van der Waals surface area contributed by atoms with Crippen LogP contribution >= 0.6 is 0 Å². The second kappa shape index (κ2) is 7.40. The fourth-order valence-electron chi connectivity index (χ4n) is 2.91. The molecule has 1 saturated carbocycles. The number of hydrogen-bond donors (Lipinski definition) is 3. The lowest BCUT2D eigenvalue weighted by Crippen LogP contribution is -2.38. The molecule has 0 radical (unpaired) electrons. The first-order chi connectivity index (χ1) is 10.5. The zero-order chi connectivity index (χ0) is 16.0. The molecule has 0 unspecified atom stereocenters. The van der Waals surface area contributed by atoms with Gasteiger partial charge in [0.15, 0.2) is 0 Å². The highest BCUT2D eigenvalue weighted by molar-refractivity contribution is 5.88. The smallest absolute Gasteiger partial charge is 0.223 e. The Labute approximate surface area is 131 Å². The van der Waals surface area contributed by atoms with E-state index in [1.807, 2.05) is 18.2 Å². The van der Waals surface area contributed by atoms with E-state index >= 15 is 0 Å². The van der Waals surface area contributed by atoms with E-state index in [1.54, 1.807) is 6.07 Å². The van der Waals surface area contributed by atoms with E-state index in [0.29, 0.717) is 25.1 Å². The molecule has 1 aliphatic rings. The maximum atomic E-state index is 12.0. The molecule has 0 spiro atoms. The second-order valence-electron chi connectivity index (χ2n) is 6.12. The van der Waals surface area contributed by atoms with Gasteiger partial charge in [-0.3, -0.25) is 9.59 Å². The average molecular weight is 304 g/mol. The number of benzene rings is 1. The van der Waals surface area contributed by atoms with Gasteiger partial charge in [0.2, 0.25) is 11.8 Å². The molecule has 5 heteroatoms. The van der Waals surface area contributed by atoms with Crippen LogP contribution in [0, 0.1) is 0 Å². The van der Waals surface area contributed by atoms with E-state index in [4.69, 9.17) is 0 Å². The van der Waals surface area contributed by atoms with Gasteiger partial charge in [0.25, 0.3) is 0 Å². The summed E-state index contributed by atoms with van der Waals surface area (Å²) in [5.74, 6) is -0.255. The second-order valence-corrected chi connectivity index (χ2v) is 6.12. The van der Waals surface area contributed by atoms with Crippen LogP contribution in [-0.2, 0) is 16.1 Å². The molecule has 0 bridgehead atoms. The molecule has 1 aromatic rings. The highest BCUT2D eigenvalue weighted by Crippen LogP contribution is 2.30. The Morgan fingerprint density at radius 3 is 2.64 bits per heavy atom. The SMILES string of the molecule is CC(=O)Nc1cccc(CNC(=O)CC2(O)CCCCC2)c1. The van der Waals surface area contributed by atoms with Crippen molar-refractivity contribution in [1.29, 1.82) is 0 Å². The number of carbonyl (C=O) groups excluding carboxylic acids is 2. The number of aliphatic hydroxyl groups is 1. The van der Waals surface area contributed by atoms with Crippen LogP contribution in [0.1, 0.15) is 51.0 Å². The van der Waals surface area contributed by atoms with Crippen molar-refractivity contribution in [3.63, 3.8) is 0 Å². The number of anilines is 1. The average Bonchev–Trinajstić information content (AvgIpc) is 2.45. The van der Waals surface area contributed by atoms with Gasteiger partial charge in [0.05, 0.1) is 12.0 Å². The summed E-state index contributed by atoms with van der Waals surface area (Å²) in [6.07, 6.45) is 4.69. The minimum absolute atomic E-state index is 0.124. The predicted octanol–water partition coefficient (Wildman–Crippen LogP) is 2.35. The van der Waals surface area contributed by atoms with Crippen molar-refractivity contribution in [3.8, 4) is 0 Å². The van der Waals surface area contributed by atoms with Gasteiger partial charge in [0, 0.05) is 19.2 Å². The van der Waals surface area contributed by atoms with Gasteiger partial charge in [0.1, 0.15) is 0 Å². The van der Waals surface area contributed by atoms with Crippen LogP contribution in [0.15, 0.2) is 24.3 Å².